The number of para-hydroxylation sites is 1. The van der Waals surface area contributed by atoms with Crippen LogP contribution in [0, 0.1) is 17.3 Å². The summed E-state index contributed by atoms with van der Waals surface area (Å²) in [5.41, 5.74) is 2.84. The molecule has 4 rings (SSSR count). The summed E-state index contributed by atoms with van der Waals surface area (Å²) in [5, 5.41) is 11.8. The number of hydrogen-bond donors (Lipinski definition) is 2. The normalized spacial score (nSPS) is 35.4. The van der Waals surface area contributed by atoms with Crippen LogP contribution in [-0.4, -0.2) is 22.0 Å². The maximum absolute atomic E-state index is 12.9. The van der Waals surface area contributed by atoms with E-state index in [9.17, 15) is 9.90 Å². The van der Waals surface area contributed by atoms with Gasteiger partial charge in [0.2, 0.25) is 0 Å². The van der Waals surface area contributed by atoms with E-state index >= 15 is 0 Å². The number of ketones is 1. The molecule has 3 heteroatoms. The Morgan fingerprint density at radius 1 is 1.29 bits per heavy atom. The van der Waals surface area contributed by atoms with Crippen LogP contribution in [0.2, 0.25) is 0 Å². The summed E-state index contributed by atoms with van der Waals surface area (Å²) in [4.78, 5) is 16.2. The van der Waals surface area contributed by atoms with Gasteiger partial charge in [0.25, 0.3) is 0 Å². The Morgan fingerprint density at radius 2 is 2.08 bits per heavy atom. The van der Waals surface area contributed by atoms with Crippen molar-refractivity contribution in [1.82, 2.24) is 4.98 Å². The van der Waals surface area contributed by atoms with E-state index in [2.05, 4.69) is 18.0 Å². The minimum absolute atomic E-state index is 0.00449. The van der Waals surface area contributed by atoms with Crippen molar-refractivity contribution in [2.45, 2.75) is 45.6 Å². The van der Waals surface area contributed by atoms with Crippen molar-refractivity contribution in [2.24, 2.45) is 17.3 Å². The van der Waals surface area contributed by atoms with Crippen molar-refractivity contribution in [1.29, 1.82) is 0 Å². The number of rotatable bonds is 1. The second kappa shape index (κ2) is 5.59. The number of benzene rings is 1. The quantitative estimate of drug-likeness (QED) is 0.768. The van der Waals surface area contributed by atoms with Gasteiger partial charge in [0, 0.05) is 34.0 Å². The number of aromatic amines is 1. The molecule has 2 aromatic rings. The molecule has 24 heavy (non-hydrogen) atoms. The molecule has 2 saturated carbocycles. The lowest BCUT2D eigenvalue weighted by Gasteiger charge is -2.51. The molecule has 2 aliphatic rings. The van der Waals surface area contributed by atoms with E-state index in [0.29, 0.717) is 12.3 Å². The summed E-state index contributed by atoms with van der Waals surface area (Å²) < 4.78 is 0. The molecule has 2 aliphatic carbocycles. The zero-order valence-electron chi connectivity index (χ0n) is 14.4. The first-order valence-electron chi connectivity index (χ1n) is 8.99. The Kier molecular flexibility index (Phi) is 3.65. The van der Waals surface area contributed by atoms with Crippen molar-refractivity contribution >= 4 is 22.8 Å². The van der Waals surface area contributed by atoms with Gasteiger partial charge in [0.1, 0.15) is 0 Å². The lowest BCUT2D eigenvalue weighted by atomic mass is 9.54. The molecule has 2 fully saturated rings. The third kappa shape index (κ3) is 2.26. The number of aromatic nitrogens is 1. The predicted molar refractivity (Wildman–Crippen MR) is 96.5 cm³/mol. The minimum atomic E-state index is -0.307. The molecule has 0 amide bonds. The van der Waals surface area contributed by atoms with Gasteiger partial charge >= 0.3 is 0 Å². The summed E-state index contributed by atoms with van der Waals surface area (Å²) in [7, 11) is 0. The largest absolute Gasteiger partial charge is 0.393 e. The molecular weight excluding hydrogens is 298 g/mol. The van der Waals surface area contributed by atoms with Gasteiger partial charge in [-0.1, -0.05) is 38.5 Å². The molecule has 0 saturated heterocycles. The van der Waals surface area contributed by atoms with Crippen molar-refractivity contribution < 1.29 is 9.90 Å². The second-order valence-corrected chi connectivity index (χ2v) is 7.85. The van der Waals surface area contributed by atoms with E-state index in [1.54, 1.807) is 0 Å². The van der Waals surface area contributed by atoms with Gasteiger partial charge in [-0.15, -0.1) is 0 Å². The average molecular weight is 323 g/mol. The van der Waals surface area contributed by atoms with Crippen LogP contribution in [0.3, 0.4) is 0 Å². The van der Waals surface area contributed by atoms with Crippen molar-refractivity contribution in [3.8, 4) is 0 Å². The molecule has 4 atom stereocenters. The number of nitrogens with one attached hydrogen (secondary N) is 1. The number of aliphatic hydroxyl groups is 1. The third-order valence-corrected chi connectivity index (χ3v) is 6.46. The Hall–Kier alpha value is -1.87. The molecule has 126 valence electrons. The first-order valence-corrected chi connectivity index (χ1v) is 8.99. The molecule has 2 unspecified atom stereocenters. The number of allylic oxidation sites excluding steroid dienone is 1. The zero-order chi connectivity index (χ0) is 16.9. The van der Waals surface area contributed by atoms with Crippen LogP contribution in [0.25, 0.3) is 17.0 Å². The fourth-order valence-corrected chi connectivity index (χ4v) is 5.00. The monoisotopic (exact) mass is 323 g/mol. The maximum atomic E-state index is 12.9. The highest BCUT2D eigenvalue weighted by molar-refractivity contribution is 6.04. The highest BCUT2D eigenvalue weighted by Gasteiger charge is 2.51. The molecule has 0 spiro atoms. The lowest BCUT2D eigenvalue weighted by Crippen LogP contribution is -2.51. The molecule has 0 aliphatic heterocycles. The SMILES string of the molecule is CC1C(=O)C(=Cc2c[nH]c3ccccc23)C[C@@]2(C)C1CCC[C@@H]2O. The topological polar surface area (TPSA) is 53.1 Å². The summed E-state index contributed by atoms with van der Waals surface area (Å²) in [6, 6.07) is 8.15. The number of H-pyrrole nitrogens is 1. The Bertz CT molecular complexity index is 818. The predicted octanol–water partition coefficient (Wildman–Crippen LogP) is 4.33. The summed E-state index contributed by atoms with van der Waals surface area (Å²) in [5.74, 6) is 0.556. The first kappa shape index (κ1) is 15.6. The van der Waals surface area contributed by atoms with E-state index in [-0.39, 0.29) is 23.2 Å². The number of aliphatic hydroxyl groups excluding tert-OH is 1. The Labute approximate surface area is 142 Å². The molecule has 3 nitrogen and oxygen atoms in total. The van der Waals surface area contributed by atoms with E-state index in [4.69, 9.17) is 0 Å². The van der Waals surface area contributed by atoms with Gasteiger partial charge in [0.15, 0.2) is 5.78 Å². The Morgan fingerprint density at radius 3 is 2.92 bits per heavy atom. The smallest absolute Gasteiger partial charge is 0.161 e. The van der Waals surface area contributed by atoms with Crippen LogP contribution in [0.4, 0.5) is 0 Å². The molecule has 1 aromatic carbocycles. The highest BCUT2D eigenvalue weighted by Crippen LogP contribution is 2.53. The molecule has 1 aromatic heterocycles. The summed E-state index contributed by atoms with van der Waals surface area (Å²) in [6.45, 7) is 4.22. The number of hydrogen-bond acceptors (Lipinski definition) is 2. The average Bonchev–Trinajstić information content (AvgIpc) is 2.98. The number of fused-ring (bicyclic) bond motifs is 2. The Balaban J connectivity index is 1.76. The van der Waals surface area contributed by atoms with Crippen LogP contribution in [0.5, 0.6) is 0 Å². The molecule has 1 heterocycles. The van der Waals surface area contributed by atoms with Crippen LogP contribution in [-0.2, 0) is 4.79 Å². The van der Waals surface area contributed by atoms with Crippen LogP contribution in [0.1, 0.15) is 45.1 Å². The van der Waals surface area contributed by atoms with Gasteiger partial charge in [-0.05, 0) is 42.9 Å². The van der Waals surface area contributed by atoms with Crippen molar-refractivity contribution in [3.63, 3.8) is 0 Å². The van der Waals surface area contributed by atoms with E-state index in [1.807, 2.05) is 37.4 Å². The molecule has 0 bridgehead atoms. The van der Waals surface area contributed by atoms with Crippen LogP contribution >= 0.6 is 0 Å². The second-order valence-electron chi connectivity index (χ2n) is 7.85. The lowest BCUT2D eigenvalue weighted by molar-refractivity contribution is -0.133. The van der Waals surface area contributed by atoms with Crippen LogP contribution < -0.4 is 0 Å². The highest BCUT2D eigenvalue weighted by atomic mass is 16.3. The number of carbonyl (C=O) groups excluding carboxylic acids is 1. The first-order chi connectivity index (χ1) is 11.5. The zero-order valence-corrected chi connectivity index (χ0v) is 14.4. The molecule has 2 N–H and O–H groups in total. The molecular formula is C21H25NO2. The van der Waals surface area contributed by atoms with Crippen molar-refractivity contribution in [3.05, 3.63) is 41.6 Å². The fourth-order valence-electron chi connectivity index (χ4n) is 5.00. The third-order valence-electron chi connectivity index (χ3n) is 6.46. The standard InChI is InChI=1S/C21H25NO2/c1-13-17-7-5-9-19(23)21(17,2)11-14(20(13)24)10-15-12-22-18-8-4-3-6-16(15)18/h3-4,6,8,10,12-13,17,19,22-23H,5,7,9,11H2,1-2H3/t13?,17?,19-,21-/m0/s1. The van der Waals surface area contributed by atoms with Crippen LogP contribution in [0.15, 0.2) is 36.0 Å². The maximum Gasteiger partial charge on any atom is 0.161 e. The number of Topliss-reactive ketones (excluding diaryl/α,β-unsaturated/α-hetero) is 1. The summed E-state index contributed by atoms with van der Waals surface area (Å²) >= 11 is 0. The van der Waals surface area contributed by atoms with E-state index < -0.39 is 0 Å². The van der Waals surface area contributed by atoms with Gasteiger partial charge in [0.05, 0.1) is 6.10 Å². The van der Waals surface area contributed by atoms with Crippen molar-refractivity contribution in [2.75, 3.05) is 0 Å². The van der Waals surface area contributed by atoms with E-state index in [1.165, 1.54) is 0 Å². The number of carbonyl (C=O) groups is 1. The van der Waals surface area contributed by atoms with E-state index in [0.717, 1.165) is 41.3 Å². The molecule has 0 radical (unpaired) electrons. The minimum Gasteiger partial charge on any atom is -0.393 e. The van der Waals surface area contributed by atoms with Gasteiger partial charge in [-0.2, -0.15) is 0 Å². The fraction of sp³-hybridized carbons (Fsp3) is 0.476. The summed E-state index contributed by atoms with van der Waals surface area (Å²) in [6.07, 6.45) is 7.33. The van der Waals surface area contributed by atoms with Gasteiger partial charge in [-0.25, -0.2) is 0 Å². The van der Waals surface area contributed by atoms with Gasteiger partial charge in [-0.3, -0.25) is 4.79 Å². The van der Waals surface area contributed by atoms with Gasteiger partial charge < -0.3 is 10.1 Å².